The predicted octanol–water partition coefficient (Wildman–Crippen LogP) is 2.82. The standard InChI is InChI=1S/C20H18N2O4/c1-12-7-8-15-16(11-12)20(26)22(19(15)25)10-9-18(24)21-17-6-4-3-5-14(17)13(2)23/h3-8,11H,9-10H2,1-2H3,(H,21,24). The van der Waals surface area contributed by atoms with Crippen LogP contribution in [-0.4, -0.2) is 34.9 Å². The second-order valence-electron chi connectivity index (χ2n) is 6.21. The van der Waals surface area contributed by atoms with E-state index < -0.39 is 0 Å². The van der Waals surface area contributed by atoms with E-state index in [4.69, 9.17) is 0 Å². The SMILES string of the molecule is CC(=O)c1ccccc1NC(=O)CCN1C(=O)c2ccc(C)cc2C1=O. The summed E-state index contributed by atoms with van der Waals surface area (Å²) in [5.74, 6) is -1.30. The number of carbonyl (C=O) groups is 4. The molecule has 3 amide bonds. The molecular weight excluding hydrogens is 332 g/mol. The number of benzene rings is 2. The van der Waals surface area contributed by atoms with E-state index in [1.807, 2.05) is 6.92 Å². The molecule has 6 heteroatoms. The van der Waals surface area contributed by atoms with Gasteiger partial charge in [0.15, 0.2) is 5.78 Å². The molecule has 3 rings (SSSR count). The molecule has 0 saturated heterocycles. The average Bonchev–Trinajstić information content (AvgIpc) is 2.83. The average molecular weight is 350 g/mol. The van der Waals surface area contributed by atoms with Crippen LogP contribution in [0.2, 0.25) is 0 Å². The molecule has 0 atom stereocenters. The van der Waals surface area contributed by atoms with Crippen LogP contribution in [-0.2, 0) is 4.79 Å². The number of anilines is 1. The molecular formula is C20H18N2O4. The lowest BCUT2D eigenvalue weighted by molar-refractivity contribution is -0.116. The van der Waals surface area contributed by atoms with Crippen molar-refractivity contribution in [3.8, 4) is 0 Å². The molecule has 1 aliphatic heterocycles. The number of hydrogen-bond acceptors (Lipinski definition) is 4. The van der Waals surface area contributed by atoms with Gasteiger partial charge in [0.05, 0.1) is 16.8 Å². The van der Waals surface area contributed by atoms with E-state index in [1.165, 1.54) is 6.92 Å². The predicted molar refractivity (Wildman–Crippen MR) is 96.2 cm³/mol. The number of rotatable bonds is 5. The van der Waals surface area contributed by atoms with Crippen molar-refractivity contribution in [3.05, 3.63) is 64.7 Å². The van der Waals surface area contributed by atoms with Crippen LogP contribution >= 0.6 is 0 Å². The van der Waals surface area contributed by atoms with Crippen molar-refractivity contribution in [1.82, 2.24) is 4.90 Å². The summed E-state index contributed by atoms with van der Waals surface area (Å²) in [6, 6.07) is 11.8. The number of aryl methyl sites for hydroxylation is 1. The first-order valence-corrected chi connectivity index (χ1v) is 8.25. The number of nitrogens with one attached hydrogen (secondary N) is 1. The van der Waals surface area contributed by atoms with Crippen LogP contribution in [0.1, 0.15) is 50.0 Å². The molecule has 0 fully saturated rings. The molecule has 0 saturated carbocycles. The second-order valence-corrected chi connectivity index (χ2v) is 6.21. The molecule has 1 heterocycles. The Morgan fingerprint density at radius 3 is 2.42 bits per heavy atom. The minimum Gasteiger partial charge on any atom is -0.325 e. The molecule has 0 spiro atoms. The Balaban J connectivity index is 1.67. The van der Waals surface area contributed by atoms with Gasteiger partial charge in [-0.3, -0.25) is 24.1 Å². The molecule has 1 N–H and O–H groups in total. The largest absolute Gasteiger partial charge is 0.325 e. The third-order valence-corrected chi connectivity index (χ3v) is 4.27. The summed E-state index contributed by atoms with van der Waals surface area (Å²) in [7, 11) is 0. The molecule has 1 aliphatic rings. The van der Waals surface area contributed by atoms with Gasteiger partial charge in [0.2, 0.25) is 5.91 Å². The molecule has 0 bridgehead atoms. The van der Waals surface area contributed by atoms with E-state index in [1.54, 1.807) is 42.5 Å². The zero-order valence-corrected chi connectivity index (χ0v) is 14.5. The summed E-state index contributed by atoms with van der Waals surface area (Å²) in [6.07, 6.45) is -0.0450. The maximum atomic E-state index is 12.4. The minimum atomic E-state index is -0.387. The Labute approximate surface area is 150 Å². The van der Waals surface area contributed by atoms with Crippen molar-refractivity contribution < 1.29 is 19.2 Å². The smallest absolute Gasteiger partial charge is 0.261 e. The number of carbonyl (C=O) groups excluding carboxylic acids is 4. The van der Waals surface area contributed by atoms with Crippen molar-refractivity contribution in [2.45, 2.75) is 20.3 Å². The third kappa shape index (κ3) is 3.26. The number of fused-ring (bicyclic) bond motifs is 1. The summed E-state index contributed by atoms with van der Waals surface area (Å²) in [5, 5.41) is 2.67. The summed E-state index contributed by atoms with van der Waals surface area (Å²) in [6.45, 7) is 3.26. The quantitative estimate of drug-likeness (QED) is 0.664. The number of nitrogens with zero attached hydrogens (tertiary/aromatic N) is 1. The van der Waals surface area contributed by atoms with Crippen molar-refractivity contribution in [1.29, 1.82) is 0 Å². The normalized spacial score (nSPS) is 12.9. The van der Waals surface area contributed by atoms with Gasteiger partial charge in [-0.15, -0.1) is 0 Å². The van der Waals surface area contributed by atoms with Crippen LogP contribution in [0.5, 0.6) is 0 Å². The fourth-order valence-electron chi connectivity index (χ4n) is 2.93. The number of hydrogen-bond donors (Lipinski definition) is 1. The van der Waals surface area contributed by atoms with E-state index in [9.17, 15) is 19.2 Å². The number of ketones is 1. The molecule has 0 unspecified atom stereocenters. The van der Waals surface area contributed by atoms with Gasteiger partial charge in [-0.2, -0.15) is 0 Å². The fraction of sp³-hybridized carbons (Fsp3) is 0.200. The maximum Gasteiger partial charge on any atom is 0.261 e. The summed E-state index contributed by atoms with van der Waals surface area (Å²) < 4.78 is 0. The maximum absolute atomic E-state index is 12.4. The van der Waals surface area contributed by atoms with Gasteiger partial charge in [0.25, 0.3) is 11.8 Å². The van der Waals surface area contributed by atoms with Crippen molar-refractivity contribution >= 4 is 29.2 Å². The lowest BCUT2D eigenvalue weighted by Gasteiger charge is -2.14. The van der Waals surface area contributed by atoms with Gasteiger partial charge in [0, 0.05) is 18.5 Å². The number of Topliss-reactive ketones (excluding diaryl/α,β-unsaturated/α-hetero) is 1. The van der Waals surface area contributed by atoms with Gasteiger partial charge in [-0.05, 0) is 38.1 Å². The van der Waals surface area contributed by atoms with Crippen LogP contribution in [0, 0.1) is 6.92 Å². The molecule has 0 aromatic heterocycles. The minimum absolute atomic E-state index is 0.0144. The zero-order valence-electron chi connectivity index (χ0n) is 14.5. The first-order chi connectivity index (χ1) is 12.4. The number of para-hydroxylation sites is 1. The highest BCUT2D eigenvalue weighted by Gasteiger charge is 2.35. The van der Waals surface area contributed by atoms with Gasteiger partial charge >= 0.3 is 0 Å². The third-order valence-electron chi connectivity index (χ3n) is 4.27. The highest BCUT2D eigenvalue weighted by Crippen LogP contribution is 2.24. The summed E-state index contributed by atoms with van der Waals surface area (Å²) >= 11 is 0. The van der Waals surface area contributed by atoms with Crippen LogP contribution in [0.15, 0.2) is 42.5 Å². The van der Waals surface area contributed by atoms with E-state index in [0.717, 1.165) is 10.5 Å². The Hall–Kier alpha value is -3.28. The summed E-state index contributed by atoms with van der Waals surface area (Å²) in [4.78, 5) is 49.7. The van der Waals surface area contributed by atoms with E-state index >= 15 is 0 Å². The van der Waals surface area contributed by atoms with E-state index in [2.05, 4.69) is 5.32 Å². The Kier molecular flexibility index (Phi) is 4.67. The van der Waals surface area contributed by atoms with Gasteiger partial charge < -0.3 is 5.32 Å². The second kappa shape index (κ2) is 6.92. The molecule has 2 aromatic carbocycles. The molecule has 26 heavy (non-hydrogen) atoms. The van der Waals surface area contributed by atoms with Crippen LogP contribution in [0.25, 0.3) is 0 Å². The van der Waals surface area contributed by atoms with Crippen molar-refractivity contribution in [3.63, 3.8) is 0 Å². The molecule has 0 radical (unpaired) electrons. The highest BCUT2D eigenvalue weighted by molar-refractivity contribution is 6.21. The lowest BCUT2D eigenvalue weighted by atomic mass is 10.1. The first-order valence-electron chi connectivity index (χ1n) is 8.25. The molecule has 2 aromatic rings. The van der Waals surface area contributed by atoms with Crippen LogP contribution in [0.4, 0.5) is 5.69 Å². The van der Waals surface area contributed by atoms with E-state index in [0.29, 0.717) is 22.4 Å². The number of imide groups is 1. The molecule has 0 aliphatic carbocycles. The summed E-state index contributed by atoms with van der Waals surface area (Å²) in [5.41, 5.74) is 2.46. The van der Waals surface area contributed by atoms with Crippen LogP contribution < -0.4 is 5.32 Å². The van der Waals surface area contributed by atoms with E-state index in [-0.39, 0.29) is 36.5 Å². The highest BCUT2D eigenvalue weighted by atomic mass is 16.2. The van der Waals surface area contributed by atoms with Gasteiger partial charge in [0.1, 0.15) is 0 Å². The fourth-order valence-corrected chi connectivity index (χ4v) is 2.93. The van der Waals surface area contributed by atoms with Gasteiger partial charge in [-0.1, -0.05) is 23.8 Å². The monoisotopic (exact) mass is 350 g/mol. The zero-order chi connectivity index (χ0) is 18.8. The van der Waals surface area contributed by atoms with Crippen molar-refractivity contribution in [2.75, 3.05) is 11.9 Å². The number of amides is 3. The van der Waals surface area contributed by atoms with Gasteiger partial charge in [-0.25, -0.2) is 0 Å². The Morgan fingerprint density at radius 1 is 1.00 bits per heavy atom. The first kappa shape index (κ1) is 17.5. The topological polar surface area (TPSA) is 83.6 Å². The van der Waals surface area contributed by atoms with Crippen LogP contribution in [0.3, 0.4) is 0 Å². The lowest BCUT2D eigenvalue weighted by Crippen LogP contribution is -2.33. The van der Waals surface area contributed by atoms with Crippen molar-refractivity contribution in [2.24, 2.45) is 0 Å². The Morgan fingerprint density at radius 2 is 1.69 bits per heavy atom. The molecule has 6 nitrogen and oxygen atoms in total. The molecule has 132 valence electrons. The Bertz CT molecular complexity index is 933.